The average Bonchev–Trinajstić information content (AvgIpc) is 1.56. The molecule has 0 aliphatic rings. The Morgan fingerprint density at radius 2 is 0.690 bits per heavy atom. The molecule has 0 aliphatic heterocycles. The lowest BCUT2D eigenvalue weighted by Crippen LogP contribution is -2.11. The third-order valence-corrected chi connectivity index (χ3v) is 21.0. The number of ether oxygens (including phenoxy) is 8. The van der Waals surface area contributed by atoms with Gasteiger partial charge in [0.15, 0.2) is 5.58 Å². The largest absolute Gasteiger partial charge is 0.494 e. The summed E-state index contributed by atoms with van der Waals surface area (Å²) in [5.74, 6) is 6.68. The van der Waals surface area contributed by atoms with Crippen molar-refractivity contribution in [2.45, 2.75) is 70.1 Å². The Hall–Kier alpha value is -13.4. The molecule has 0 fully saturated rings. The first-order chi connectivity index (χ1) is 57.3. The highest BCUT2D eigenvalue weighted by atomic mass is 16.5. The fourth-order valence-corrected chi connectivity index (χ4v) is 14.8. The molecule has 0 saturated heterocycles. The second-order valence-corrected chi connectivity index (χ2v) is 29.1. The zero-order valence-electron chi connectivity index (χ0n) is 65.8. The standard InChI is InChI=1S/C105H98N2O9/c1-5-76-34-48-90(49-35-76)108-60-12-16-64-112-94-30-20-24-80(70-94)68-85(84-27-21-31-95(72-84)113-65-17-13-61-109-91-50-36-77(6-2)37-51-91)69-81-42-56-99-101-59-58-100-98-57-47-89(75-102(98)107(104(100)105(101)116-103(99)71-81)86-45-43-83(44-46-86)82-25-10-9-11-26-82)106(87-28-22-32-96(73-87)114-66-18-14-62-110-92-52-38-78(7-3)39-53-92)88-29-23-33-97(74-88)115-67-19-15-63-111-93-54-40-79(8-4)41-55-93/h5-11,20-59,70-75,85H,1-4,12-19,60-69H2. The number of anilines is 3. The smallest absolute Gasteiger partial charge is 0.160 e. The molecule has 0 N–H and O–H groups in total. The van der Waals surface area contributed by atoms with Crippen LogP contribution in [0, 0.1) is 0 Å². The molecule has 2 heterocycles. The fraction of sp³-hybridized carbons (Fsp3) is 0.181. The number of unbranched alkanes of at least 4 members (excludes halogenated alkanes) is 4. The first kappa shape index (κ1) is 77.9. The molecule has 1 atom stereocenters. The number of aromatic nitrogens is 1. The van der Waals surface area contributed by atoms with Crippen molar-refractivity contribution in [3.63, 3.8) is 0 Å². The van der Waals surface area contributed by atoms with E-state index in [0.717, 1.165) is 216 Å². The van der Waals surface area contributed by atoms with Crippen molar-refractivity contribution in [1.29, 1.82) is 0 Å². The van der Waals surface area contributed by atoms with Crippen molar-refractivity contribution in [3.8, 4) is 62.8 Å². The van der Waals surface area contributed by atoms with Gasteiger partial charge >= 0.3 is 0 Å². The third-order valence-electron chi connectivity index (χ3n) is 21.0. The van der Waals surface area contributed by atoms with Crippen LogP contribution in [0.4, 0.5) is 17.1 Å². The lowest BCUT2D eigenvalue weighted by atomic mass is 9.86. The Balaban J connectivity index is 0.736. The van der Waals surface area contributed by atoms with Crippen molar-refractivity contribution in [2.75, 3.05) is 57.8 Å². The summed E-state index contributed by atoms with van der Waals surface area (Å²) in [6, 6.07) is 104. The van der Waals surface area contributed by atoms with Crippen molar-refractivity contribution in [1.82, 2.24) is 4.57 Å². The topological polar surface area (TPSA) is 95.2 Å². The van der Waals surface area contributed by atoms with E-state index in [-0.39, 0.29) is 5.92 Å². The van der Waals surface area contributed by atoms with Crippen LogP contribution in [0.1, 0.15) is 96.2 Å². The zero-order valence-corrected chi connectivity index (χ0v) is 65.8. The van der Waals surface area contributed by atoms with Crippen molar-refractivity contribution in [2.24, 2.45) is 0 Å². The summed E-state index contributed by atoms with van der Waals surface area (Å²) in [5.41, 5.74) is 17.5. The maximum atomic E-state index is 7.40. The van der Waals surface area contributed by atoms with Crippen LogP contribution in [0.2, 0.25) is 0 Å². The number of hydrogen-bond donors (Lipinski definition) is 0. The molecule has 13 aromatic carbocycles. The first-order valence-electron chi connectivity index (χ1n) is 40.5. The maximum Gasteiger partial charge on any atom is 0.160 e. The van der Waals surface area contributed by atoms with Crippen LogP contribution in [-0.4, -0.2) is 57.4 Å². The summed E-state index contributed by atoms with van der Waals surface area (Å²) in [4.78, 5) is 2.30. The summed E-state index contributed by atoms with van der Waals surface area (Å²) in [6.45, 7) is 20.1. The summed E-state index contributed by atoms with van der Waals surface area (Å²) in [7, 11) is 0. The average molecular weight is 1530 g/mol. The molecule has 116 heavy (non-hydrogen) atoms. The van der Waals surface area contributed by atoms with Crippen LogP contribution >= 0.6 is 0 Å². The molecule has 582 valence electrons. The number of fused-ring (bicyclic) bond motifs is 7. The van der Waals surface area contributed by atoms with Crippen LogP contribution in [0.5, 0.6) is 46.0 Å². The van der Waals surface area contributed by atoms with Gasteiger partial charge in [0.25, 0.3) is 0 Å². The molecule has 0 amide bonds. The second kappa shape index (κ2) is 38.9. The van der Waals surface area contributed by atoms with Gasteiger partial charge < -0.3 is 51.8 Å². The fourth-order valence-electron chi connectivity index (χ4n) is 14.8. The highest BCUT2D eigenvalue weighted by molar-refractivity contribution is 6.22. The van der Waals surface area contributed by atoms with Gasteiger partial charge in [-0.25, -0.2) is 0 Å². The Bertz CT molecular complexity index is 5660. The molecule has 11 heteroatoms. The Morgan fingerprint density at radius 3 is 1.16 bits per heavy atom. The van der Waals surface area contributed by atoms with Gasteiger partial charge in [-0.05, 0) is 254 Å². The van der Waals surface area contributed by atoms with Gasteiger partial charge in [-0.1, -0.05) is 202 Å². The van der Waals surface area contributed by atoms with Gasteiger partial charge in [0.1, 0.15) is 51.6 Å². The van der Waals surface area contributed by atoms with E-state index in [1.165, 1.54) is 11.1 Å². The van der Waals surface area contributed by atoms with Gasteiger partial charge in [-0.3, -0.25) is 0 Å². The molecule has 0 bridgehead atoms. The van der Waals surface area contributed by atoms with Crippen LogP contribution in [0.3, 0.4) is 0 Å². The van der Waals surface area contributed by atoms with E-state index in [9.17, 15) is 0 Å². The minimum Gasteiger partial charge on any atom is -0.494 e. The molecule has 15 rings (SSSR count). The summed E-state index contributed by atoms with van der Waals surface area (Å²) in [5, 5.41) is 4.25. The number of nitrogens with zero attached hydrogens (tertiary/aromatic N) is 2. The van der Waals surface area contributed by atoms with E-state index >= 15 is 0 Å². The lowest BCUT2D eigenvalue weighted by Gasteiger charge is -2.26. The maximum absolute atomic E-state index is 7.40. The van der Waals surface area contributed by atoms with Crippen LogP contribution in [-0.2, 0) is 12.8 Å². The predicted molar refractivity (Wildman–Crippen MR) is 478 cm³/mol. The van der Waals surface area contributed by atoms with Gasteiger partial charge in [-0.2, -0.15) is 0 Å². The van der Waals surface area contributed by atoms with Crippen molar-refractivity contribution >= 4 is 85.1 Å². The third kappa shape index (κ3) is 20.0. The lowest BCUT2D eigenvalue weighted by molar-refractivity contribution is 0.266. The number of benzene rings is 13. The minimum atomic E-state index is 0.0624. The SMILES string of the molecule is C=Cc1ccc(OCCCCOc2cccc(CC(Cc3ccc4c(c3)oc3c4ccc4c5ccc(N(c6cccc(OCCCCOc7ccc(C=C)cc7)c6)c6cccc(OCCCCOc7ccc(C=C)cc7)c6)cc5n(-c5ccc(-c6ccccc6)cc5)c43)c3cccc(OCCCCOc4ccc(C=C)cc4)c3)c2)cc1. The summed E-state index contributed by atoms with van der Waals surface area (Å²) < 4.78 is 60.2. The second-order valence-electron chi connectivity index (χ2n) is 29.1. The minimum absolute atomic E-state index is 0.0624. The number of hydrogen-bond acceptors (Lipinski definition) is 10. The van der Waals surface area contributed by atoms with Gasteiger partial charge in [0.05, 0.1) is 63.9 Å². The van der Waals surface area contributed by atoms with Gasteiger partial charge in [0, 0.05) is 56.4 Å². The van der Waals surface area contributed by atoms with E-state index in [4.69, 9.17) is 42.3 Å². The van der Waals surface area contributed by atoms with Crippen molar-refractivity contribution in [3.05, 3.63) is 363 Å². The molecule has 0 aliphatic carbocycles. The zero-order chi connectivity index (χ0) is 79.0. The van der Waals surface area contributed by atoms with Gasteiger partial charge in [-0.15, -0.1) is 0 Å². The highest BCUT2D eigenvalue weighted by Crippen LogP contribution is 2.45. The molecule has 2 aromatic heterocycles. The van der Waals surface area contributed by atoms with E-state index in [1.807, 2.05) is 133 Å². The van der Waals surface area contributed by atoms with E-state index < -0.39 is 0 Å². The molecule has 0 spiro atoms. The summed E-state index contributed by atoms with van der Waals surface area (Å²) >= 11 is 0. The van der Waals surface area contributed by atoms with E-state index in [1.54, 1.807) is 0 Å². The molecular formula is C105H98N2O9. The summed E-state index contributed by atoms with van der Waals surface area (Å²) in [6.07, 6.45) is 15.6. The quantitative estimate of drug-likeness (QED) is 0.0344. The normalized spacial score (nSPS) is 11.5. The van der Waals surface area contributed by atoms with E-state index in [0.29, 0.717) is 52.9 Å². The first-order valence-corrected chi connectivity index (χ1v) is 40.5. The Kier molecular flexibility index (Phi) is 26.1. The highest BCUT2D eigenvalue weighted by Gasteiger charge is 2.24. The number of furan rings is 1. The molecule has 0 radical (unpaired) electrons. The van der Waals surface area contributed by atoms with E-state index in [2.05, 4.69) is 224 Å². The van der Waals surface area contributed by atoms with Crippen LogP contribution in [0.25, 0.3) is 84.9 Å². The van der Waals surface area contributed by atoms with Crippen LogP contribution < -0.4 is 42.8 Å². The Morgan fingerprint density at radius 1 is 0.302 bits per heavy atom. The van der Waals surface area contributed by atoms with Crippen LogP contribution in [0.15, 0.2) is 328 Å². The number of rotatable bonds is 42. The molecule has 15 aromatic rings. The van der Waals surface area contributed by atoms with Gasteiger partial charge in [0.2, 0.25) is 0 Å². The molecule has 11 nitrogen and oxygen atoms in total. The van der Waals surface area contributed by atoms with Crippen molar-refractivity contribution < 1.29 is 42.3 Å². The predicted octanol–water partition coefficient (Wildman–Crippen LogP) is 26.9. The molecule has 0 saturated carbocycles. The monoisotopic (exact) mass is 1530 g/mol. The molecule has 1 unspecified atom stereocenters. The Labute approximate surface area is 681 Å². The molecular weight excluding hydrogens is 1430 g/mol.